The molecule has 0 aliphatic heterocycles. The van der Waals surface area contributed by atoms with Crippen molar-refractivity contribution in [2.75, 3.05) is 0 Å². The number of rotatable bonds is 10. The van der Waals surface area contributed by atoms with E-state index in [1.54, 1.807) is 0 Å². The second-order valence-electron chi connectivity index (χ2n) is 14.4. The number of hydrogen-bond donors (Lipinski definition) is 2. The quantitative estimate of drug-likeness (QED) is 0.0684. The third-order valence-electron chi connectivity index (χ3n) is 11.6. The maximum atomic E-state index is 13.4. The molecule has 0 aromatic heterocycles. The Hall–Kier alpha value is 1.29. The van der Waals surface area contributed by atoms with E-state index in [9.17, 15) is 53.8 Å². The predicted octanol–water partition coefficient (Wildman–Crippen LogP) is -11.8. The van der Waals surface area contributed by atoms with E-state index in [-0.39, 0.29) is 124 Å². The number of carbonyl (C=O) groups is 2. The van der Waals surface area contributed by atoms with Gasteiger partial charge in [0.2, 0.25) is 11.8 Å². The molecule has 16 nitrogen and oxygen atoms in total. The molecule has 5 saturated carbocycles. The first-order valence-corrected chi connectivity index (χ1v) is 21.7. The first-order chi connectivity index (χ1) is 22.4. The number of fused-ring (bicyclic) bond motifs is 2. The molecule has 276 valence electrons. The summed E-state index contributed by atoms with van der Waals surface area (Å²) < 4.78 is 112. The third kappa shape index (κ3) is 13.2. The van der Waals surface area contributed by atoms with Crippen molar-refractivity contribution >= 4 is 54.2 Å². The molecule has 5 fully saturated rings. The normalized spacial score (nSPS) is 36.4. The molecule has 0 aromatic rings. The molecule has 0 saturated heterocycles. The molecule has 12 unspecified atom stereocenters. The summed E-state index contributed by atoms with van der Waals surface area (Å²) in [5.74, 6) is -2.99. The Kier molecular flexibility index (Phi) is 21.1. The smallest absolute Gasteiger partial charge is 0.748 e. The molecule has 0 spiro atoms. The number of amides is 2. The van der Waals surface area contributed by atoms with Crippen LogP contribution in [0.15, 0.2) is 0 Å². The summed E-state index contributed by atoms with van der Waals surface area (Å²) in [6.45, 7) is 0. The zero-order valence-corrected chi connectivity index (χ0v) is 33.4. The summed E-state index contributed by atoms with van der Waals surface area (Å²) in [6.07, 6.45) is 4.43. The number of hydrogen-bond acceptors (Lipinski definition) is 15. The maximum Gasteiger partial charge on any atom is 1.00 e. The van der Waals surface area contributed by atoms with Crippen LogP contribution in [0, 0.1) is 35.5 Å². The van der Waals surface area contributed by atoms with Gasteiger partial charge in [0.15, 0.2) is 0 Å². The van der Waals surface area contributed by atoms with Gasteiger partial charge in [0.25, 0.3) is 0 Å². The molecule has 0 heterocycles. The Labute approximate surface area is 358 Å². The van der Waals surface area contributed by atoms with Crippen molar-refractivity contribution in [2.24, 2.45) is 35.5 Å². The van der Waals surface area contributed by atoms with E-state index in [4.69, 9.17) is 0 Å². The maximum absolute atomic E-state index is 13.4. The van der Waals surface area contributed by atoms with Gasteiger partial charge in [-0.1, -0.05) is 6.42 Å². The minimum atomic E-state index is -4.83. The van der Waals surface area contributed by atoms with E-state index in [1.165, 1.54) is 0 Å². The van der Waals surface area contributed by atoms with Gasteiger partial charge in [-0.2, -0.15) is 4.33 Å². The van der Waals surface area contributed by atoms with E-state index in [0.717, 1.165) is 0 Å². The van der Waals surface area contributed by atoms with Gasteiger partial charge < -0.3 is 29.5 Å². The molecular weight excluding hydrogens is 744 g/mol. The van der Waals surface area contributed by atoms with Gasteiger partial charge in [-0.15, -0.1) is 0 Å². The Morgan fingerprint density at radius 3 is 1.48 bits per heavy atom. The first-order valence-electron chi connectivity index (χ1n) is 16.5. The van der Waals surface area contributed by atoms with Crippen LogP contribution < -0.4 is 91.3 Å². The van der Waals surface area contributed by atoms with Crippen LogP contribution in [0.5, 0.6) is 0 Å². The summed E-state index contributed by atoms with van der Waals surface area (Å²) in [4.78, 5) is 26.7. The first kappa shape index (κ1) is 51.3. The number of carbonyl (C=O) groups excluding carboxylic acids is 2. The Balaban J connectivity index is 0.00000338. The average molecular weight is 787 g/mol. The fourth-order valence-electron chi connectivity index (χ4n) is 9.45. The molecular formula is C28H42Li4N2O14S4. The van der Waals surface area contributed by atoms with Gasteiger partial charge in [0, 0.05) is 41.2 Å². The summed E-state index contributed by atoms with van der Waals surface area (Å²) >= 11 is 0.697. The zero-order valence-electron chi connectivity index (χ0n) is 30.2. The summed E-state index contributed by atoms with van der Waals surface area (Å²) in [6, 6.07) is -0.645. The van der Waals surface area contributed by atoms with E-state index in [2.05, 4.69) is 20.0 Å². The van der Waals surface area contributed by atoms with Crippen molar-refractivity contribution in [3.05, 3.63) is 0 Å². The van der Waals surface area contributed by atoms with E-state index >= 15 is 0 Å². The van der Waals surface area contributed by atoms with Gasteiger partial charge in [0.1, 0.15) is 0 Å². The second-order valence-corrected chi connectivity index (χ2v) is 20.2. The number of nitrogens with one attached hydrogen (secondary N) is 2. The SMILES string of the molecule is O=C(NC1CCC2C(C1)CC(SOO[O-])CC2S(=O)(=O)[O-])C1CCCC(C(=O)NC2CCC3C(C2)CC(S(=O)(=O)[O-])CC3S(=O)(=O)[O-])C1.[Li+].[Li+].[Li+].[Li+]. The molecule has 2 N–H and O–H groups in total. The molecule has 0 bridgehead atoms. The monoisotopic (exact) mass is 786 g/mol. The van der Waals surface area contributed by atoms with Crippen LogP contribution in [0.1, 0.15) is 89.9 Å². The Bertz CT molecular complexity index is 1530. The van der Waals surface area contributed by atoms with Gasteiger partial charge in [-0.25, -0.2) is 25.3 Å². The molecule has 5 aliphatic carbocycles. The molecule has 12 atom stereocenters. The Morgan fingerprint density at radius 1 is 0.577 bits per heavy atom. The van der Waals surface area contributed by atoms with Gasteiger partial charge in [-0.05, 0) is 107 Å². The van der Waals surface area contributed by atoms with Crippen LogP contribution in [0.2, 0.25) is 0 Å². The molecule has 5 rings (SSSR count). The molecule has 52 heavy (non-hydrogen) atoms. The topological polar surface area (TPSA) is 271 Å². The Morgan fingerprint density at radius 2 is 1.04 bits per heavy atom. The van der Waals surface area contributed by atoms with Crippen molar-refractivity contribution in [3.8, 4) is 0 Å². The van der Waals surface area contributed by atoms with Crippen LogP contribution in [0.4, 0.5) is 0 Å². The molecule has 2 amide bonds. The summed E-state index contributed by atoms with van der Waals surface area (Å²) in [5.41, 5.74) is 0. The molecule has 24 heteroatoms. The van der Waals surface area contributed by atoms with Crippen LogP contribution >= 0.6 is 12.0 Å². The second kappa shape index (κ2) is 21.3. The van der Waals surface area contributed by atoms with Crippen molar-refractivity contribution in [3.63, 3.8) is 0 Å². The van der Waals surface area contributed by atoms with E-state index in [1.807, 2.05) is 0 Å². The van der Waals surface area contributed by atoms with Crippen LogP contribution in [0.3, 0.4) is 0 Å². The van der Waals surface area contributed by atoms with Crippen molar-refractivity contribution in [1.29, 1.82) is 0 Å². The van der Waals surface area contributed by atoms with Gasteiger partial charge >= 0.3 is 75.4 Å². The summed E-state index contributed by atoms with van der Waals surface area (Å²) in [5, 5.41) is 15.3. The summed E-state index contributed by atoms with van der Waals surface area (Å²) in [7, 11) is -14.2. The minimum absolute atomic E-state index is 0. The molecule has 0 aromatic carbocycles. The zero-order chi connectivity index (χ0) is 35.0. The third-order valence-corrected chi connectivity index (χ3v) is 16.2. The minimum Gasteiger partial charge on any atom is -0.748 e. The van der Waals surface area contributed by atoms with E-state index in [0.29, 0.717) is 76.3 Å². The van der Waals surface area contributed by atoms with Gasteiger partial charge in [0.05, 0.1) is 46.1 Å². The predicted molar refractivity (Wildman–Crippen MR) is 163 cm³/mol. The van der Waals surface area contributed by atoms with Crippen molar-refractivity contribution in [1.82, 2.24) is 10.6 Å². The fraction of sp³-hybridized carbons (Fsp3) is 0.929. The molecule has 0 radical (unpaired) electrons. The standard InChI is InChI=1S/C28H46N2O14S4.4Li/c31-27(29-19-4-6-23-17(9-19)11-21(45-44-43-33)13-25(23)47(37,38)39)15-2-1-3-16(8-15)28(32)30-20-5-7-24-18(10-20)12-22(46(34,35)36)14-26(24)48(40,41)42;;;;/h15-26,33H,1-14H2,(H,29,31)(H,30,32)(H,34,35,36)(H,37,38,39)(H,40,41,42);;;;/q;4*+1/p-4. The van der Waals surface area contributed by atoms with E-state index < -0.39 is 87.5 Å². The van der Waals surface area contributed by atoms with Crippen molar-refractivity contribution < 1.29 is 139 Å². The van der Waals surface area contributed by atoms with Crippen LogP contribution in [-0.2, 0) is 49.3 Å². The van der Waals surface area contributed by atoms with Gasteiger partial charge in [-0.3, -0.25) is 14.6 Å². The average Bonchev–Trinajstić information content (AvgIpc) is 3.01. The largest absolute Gasteiger partial charge is 1.00 e. The van der Waals surface area contributed by atoms with Crippen molar-refractivity contribution in [2.45, 2.75) is 123 Å². The van der Waals surface area contributed by atoms with Crippen LogP contribution in [-0.4, -0.2) is 83.8 Å². The molecule has 5 aliphatic rings. The van der Waals surface area contributed by atoms with Crippen LogP contribution in [0.25, 0.3) is 0 Å². The fourth-order valence-corrected chi connectivity index (χ4v) is 13.9.